The van der Waals surface area contributed by atoms with Crippen molar-refractivity contribution in [3.05, 3.63) is 88.0 Å². The summed E-state index contributed by atoms with van der Waals surface area (Å²) in [5, 5.41) is 20.1. The van der Waals surface area contributed by atoms with Crippen LogP contribution in [-0.2, 0) is 11.3 Å². The predicted octanol–water partition coefficient (Wildman–Crippen LogP) is 4.63. The Balaban J connectivity index is 1.57. The first kappa shape index (κ1) is 23.4. The van der Waals surface area contributed by atoms with Crippen molar-refractivity contribution in [2.45, 2.75) is 13.5 Å². The van der Waals surface area contributed by atoms with Gasteiger partial charge < -0.3 is 19.9 Å². The van der Waals surface area contributed by atoms with Gasteiger partial charge in [0.05, 0.1) is 30.7 Å². The molecule has 1 aromatic heterocycles. The number of phenols is 1. The van der Waals surface area contributed by atoms with Crippen LogP contribution in [0.3, 0.4) is 0 Å². The van der Waals surface area contributed by atoms with E-state index in [0.717, 1.165) is 16.8 Å². The van der Waals surface area contributed by atoms with Gasteiger partial charge in [-0.3, -0.25) is 9.79 Å². The number of carbonyl (C=O) groups excluding carboxylic acids is 1. The van der Waals surface area contributed by atoms with Crippen LogP contribution in [0, 0.1) is 0 Å². The molecule has 0 unspecified atom stereocenters. The van der Waals surface area contributed by atoms with Gasteiger partial charge in [0.15, 0.2) is 18.1 Å². The SMILES string of the molecule is CCOc1cccc(C=Nn2c(-c3ccc4c(c3)NC(=O)CO4)csc2=NCc2ccccc2)c1O. The molecule has 0 radical (unpaired) electrons. The van der Waals surface area contributed by atoms with Gasteiger partial charge in [-0.15, -0.1) is 11.3 Å². The van der Waals surface area contributed by atoms with Crippen molar-refractivity contribution >= 4 is 29.1 Å². The van der Waals surface area contributed by atoms with Crippen molar-refractivity contribution < 1.29 is 19.4 Å². The lowest BCUT2D eigenvalue weighted by atomic mass is 10.1. The molecule has 3 aromatic carbocycles. The normalized spacial score (nSPS) is 13.4. The number of thiazole rings is 1. The minimum Gasteiger partial charge on any atom is -0.504 e. The van der Waals surface area contributed by atoms with Gasteiger partial charge in [0.25, 0.3) is 5.91 Å². The maximum Gasteiger partial charge on any atom is 0.262 e. The molecule has 2 heterocycles. The fourth-order valence-corrected chi connectivity index (χ4v) is 4.58. The standard InChI is InChI=1S/C27H24N4O4S/c1-2-34-24-10-6-9-20(26(24)33)15-29-31-22(17-36-27(31)28-14-18-7-4-3-5-8-18)19-11-12-23-21(13-19)30-25(32)16-35-23/h3-13,15,17,33H,2,14,16H2,1H3,(H,30,32). The fourth-order valence-electron chi connectivity index (χ4n) is 3.74. The van der Waals surface area contributed by atoms with Crippen molar-refractivity contribution in [1.29, 1.82) is 0 Å². The Hall–Kier alpha value is -4.37. The molecule has 1 aliphatic rings. The van der Waals surface area contributed by atoms with Crippen molar-refractivity contribution in [2.75, 3.05) is 18.5 Å². The first-order valence-electron chi connectivity index (χ1n) is 11.4. The minimum absolute atomic E-state index is 0.00189. The van der Waals surface area contributed by atoms with Gasteiger partial charge in [-0.2, -0.15) is 5.10 Å². The molecule has 1 aliphatic heterocycles. The van der Waals surface area contributed by atoms with E-state index < -0.39 is 0 Å². The topological polar surface area (TPSA) is 97.4 Å². The van der Waals surface area contributed by atoms with Gasteiger partial charge in [0.2, 0.25) is 4.80 Å². The number of nitrogens with zero attached hydrogens (tertiary/aromatic N) is 3. The summed E-state index contributed by atoms with van der Waals surface area (Å²) in [5.41, 5.74) is 3.83. The number of phenolic OH excluding ortho intramolecular Hbond substituents is 1. The zero-order valence-corrected chi connectivity index (χ0v) is 20.4. The first-order chi connectivity index (χ1) is 17.6. The Bertz CT molecular complexity index is 1490. The number of carbonyl (C=O) groups is 1. The van der Waals surface area contributed by atoms with Crippen molar-refractivity contribution in [2.24, 2.45) is 10.1 Å². The smallest absolute Gasteiger partial charge is 0.262 e. The summed E-state index contributed by atoms with van der Waals surface area (Å²) < 4.78 is 12.7. The molecule has 5 rings (SSSR count). The third kappa shape index (κ3) is 5.01. The Kier molecular flexibility index (Phi) is 6.81. The van der Waals surface area contributed by atoms with E-state index in [1.165, 1.54) is 11.3 Å². The second-order valence-electron chi connectivity index (χ2n) is 7.94. The summed E-state index contributed by atoms with van der Waals surface area (Å²) in [6, 6.07) is 20.9. The van der Waals surface area contributed by atoms with Crippen LogP contribution in [0.4, 0.5) is 5.69 Å². The summed E-state index contributed by atoms with van der Waals surface area (Å²) in [4.78, 5) is 17.3. The second-order valence-corrected chi connectivity index (χ2v) is 8.77. The number of para-hydroxylation sites is 1. The largest absolute Gasteiger partial charge is 0.504 e. The van der Waals surface area contributed by atoms with Crippen LogP contribution >= 0.6 is 11.3 Å². The molecule has 8 nitrogen and oxygen atoms in total. The number of aromatic nitrogens is 1. The Morgan fingerprint density at radius 2 is 2.03 bits per heavy atom. The molecule has 0 fully saturated rings. The molecular formula is C27H24N4O4S. The molecule has 0 atom stereocenters. The second kappa shape index (κ2) is 10.5. The number of nitrogens with one attached hydrogen (secondary N) is 1. The average Bonchev–Trinajstić information content (AvgIpc) is 3.31. The molecule has 2 N–H and O–H groups in total. The Morgan fingerprint density at radius 1 is 1.17 bits per heavy atom. The molecule has 4 aromatic rings. The zero-order chi connectivity index (χ0) is 24.9. The number of anilines is 1. The number of aromatic hydroxyl groups is 1. The van der Waals surface area contributed by atoms with E-state index in [4.69, 9.17) is 14.5 Å². The number of hydrogen-bond acceptors (Lipinski definition) is 7. The molecule has 0 saturated carbocycles. The van der Waals surface area contributed by atoms with E-state index in [2.05, 4.69) is 10.4 Å². The number of benzene rings is 3. The Morgan fingerprint density at radius 3 is 2.86 bits per heavy atom. The van der Waals surface area contributed by atoms with Gasteiger partial charge in [0.1, 0.15) is 5.75 Å². The maximum absolute atomic E-state index is 11.8. The zero-order valence-electron chi connectivity index (χ0n) is 19.5. The number of hydrogen-bond donors (Lipinski definition) is 2. The summed E-state index contributed by atoms with van der Waals surface area (Å²) in [5.74, 6) is 0.850. The number of fused-ring (bicyclic) bond motifs is 1. The minimum atomic E-state index is -0.195. The highest BCUT2D eigenvalue weighted by Gasteiger charge is 2.18. The Labute approximate surface area is 211 Å². The highest BCUT2D eigenvalue weighted by atomic mass is 32.1. The van der Waals surface area contributed by atoms with Crippen LogP contribution in [0.1, 0.15) is 18.1 Å². The first-order valence-corrected chi connectivity index (χ1v) is 12.3. The van der Waals surface area contributed by atoms with E-state index in [1.807, 2.05) is 60.8 Å². The average molecular weight is 501 g/mol. The van der Waals surface area contributed by atoms with E-state index in [1.54, 1.807) is 29.1 Å². The lowest BCUT2D eigenvalue weighted by Gasteiger charge is -2.18. The lowest BCUT2D eigenvalue weighted by Crippen LogP contribution is -2.25. The van der Waals surface area contributed by atoms with Crippen molar-refractivity contribution in [3.63, 3.8) is 0 Å². The summed E-state index contributed by atoms with van der Waals surface area (Å²) in [6.45, 7) is 2.80. The van der Waals surface area contributed by atoms with Crippen LogP contribution in [0.25, 0.3) is 11.3 Å². The lowest BCUT2D eigenvalue weighted by molar-refractivity contribution is -0.118. The van der Waals surface area contributed by atoms with E-state index in [9.17, 15) is 9.90 Å². The highest BCUT2D eigenvalue weighted by Crippen LogP contribution is 2.33. The van der Waals surface area contributed by atoms with Crippen LogP contribution in [0.15, 0.2) is 82.2 Å². The maximum atomic E-state index is 11.8. The molecule has 182 valence electrons. The summed E-state index contributed by atoms with van der Waals surface area (Å²) >= 11 is 1.46. The molecule has 9 heteroatoms. The molecule has 0 bridgehead atoms. The third-order valence-corrected chi connectivity index (χ3v) is 6.33. The molecular weight excluding hydrogens is 476 g/mol. The quantitative estimate of drug-likeness (QED) is 0.362. The van der Waals surface area contributed by atoms with Gasteiger partial charge in [-0.05, 0) is 42.8 Å². The molecule has 0 spiro atoms. The molecule has 0 aliphatic carbocycles. The number of ether oxygens (including phenoxy) is 2. The van der Waals surface area contributed by atoms with E-state index in [0.29, 0.717) is 40.7 Å². The van der Waals surface area contributed by atoms with Crippen molar-refractivity contribution in [3.8, 4) is 28.5 Å². The molecule has 36 heavy (non-hydrogen) atoms. The van der Waals surface area contributed by atoms with Crippen LogP contribution < -0.4 is 19.6 Å². The summed E-state index contributed by atoms with van der Waals surface area (Å²) in [6.07, 6.45) is 1.58. The monoisotopic (exact) mass is 500 g/mol. The number of amides is 1. The third-order valence-electron chi connectivity index (χ3n) is 5.48. The van der Waals surface area contributed by atoms with Crippen LogP contribution in [0.5, 0.6) is 17.2 Å². The van der Waals surface area contributed by atoms with Crippen LogP contribution in [-0.4, -0.2) is 35.1 Å². The van der Waals surface area contributed by atoms with Gasteiger partial charge in [-0.1, -0.05) is 36.4 Å². The number of rotatable bonds is 7. The summed E-state index contributed by atoms with van der Waals surface area (Å²) in [7, 11) is 0. The predicted molar refractivity (Wildman–Crippen MR) is 140 cm³/mol. The molecule has 1 amide bonds. The fraction of sp³-hybridized carbons (Fsp3) is 0.148. The van der Waals surface area contributed by atoms with E-state index >= 15 is 0 Å². The van der Waals surface area contributed by atoms with Gasteiger partial charge >= 0.3 is 0 Å². The van der Waals surface area contributed by atoms with E-state index in [-0.39, 0.29) is 18.3 Å². The highest BCUT2D eigenvalue weighted by molar-refractivity contribution is 7.07. The van der Waals surface area contributed by atoms with Crippen molar-refractivity contribution in [1.82, 2.24) is 4.68 Å². The van der Waals surface area contributed by atoms with Crippen LogP contribution in [0.2, 0.25) is 0 Å². The van der Waals surface area contributed by atoms with Gasteiger partial charge in [-0.25, -0.2) is 4.68 Å². The van der Waals surface area contributed by atoms with Gasteiger partial charge in [0, 0.05) is 16.5 Å². The molecule has 0 saturated heterocycles.